The van der Waals surface area contributed by atoms with Crippen LogP contribution in [0, 0.1) is 0 Å². The maximum Gasteiger partial charge on any atom is 0.573 e. The molecule has 1 aromatic rings. The van der Waals surface area contributed by atoms with Crippen molar-refractivity contribution in [1.29, 1.82) is 0 Å². The number of nitrogen functional groups attached to an aromatic ring is 1. The van der Waals surface area contributed by atoms with Crippen LogP contribution in [0.2, 0.25) is 0 Å². The highest BCUT2D eigenvalue weighted by Crippen LogP contribution is 2.30. The van der Waals surface area contributed by atoms with E-state index in [0.717, 1.165) is 6.07 Å². The van der Waals surface area contributed by atoms with Gasteiger partial charge in [0.25, 0.3) is 0 Å². The third-order valence-corrected chi connectivity index (χ3v) is 1.89. The normalized spacial score (nSPS) is 13.6. The second kappa shape index (κ2) is 4.58. The summed E-state index contributed by atoms with van der Waals surface area (Å²) in [6, 6.07) is 2.96. The number of ether oxygens (including phenoxy) is 1. The van der Waals surface area contributed by atoms with Crippen LogP contribution in [0.5, 0.6) is 5.75 Å². The van der Waals surface area contributed by atoms with Gasteiger partial charge in [-0.05, 0) is 17.7 Å². The van der Waals surface area contributed by atoms with Gasteiger partial charge in [-0.2, -0.15) is 0 Å². The SMILES string of the molecule is Nc1ccc([C@@H](N)CO)cc1OC(F)(F)F. The molecule has 1 rings (SSSR count). The molecular weight excluding hydrogens is 225 g/mol. The molecule has 0 saturated heterocycles. The highest BCUT2D eigenvalue weighted by molar-refractivity contribution is 5.54. The van der Waals surface area contributed by atoms with Crippen molar-refractivity contribution in [2.24, 2.45) is 5.73 Å². The Labute approximate surface area is 89.6 Å². The molecule has 16 heavy (non-hydrogen) atoms. The van der Waals surface area contributed by atoms with Gasteiger partial charge in [-0.25, -0.2) is 0 Å². The van der Waals surface area contributed by atoms with Gasteiger partial charge in [-0.15, -0.1) is 13.2 Å². The van der Waals surface area contributed by atoms with Crippen molar-refractivity contribution in [1.82, 2.24) is 0 Å². The molecular formula is C9H11F3N2O2. The van der Waals surface area contributed by atoms with E-state index in [9.17, 15) is 13.2 Å². The summed E-state index contributed by atoms with van der Waals surface area (Å²) in [6.45, 7) is -0.380. The predicted octanol–water partition coefficient (Wildman–Crippen LogP) is 1.16. The standard InChI is InChI=1S/C9H11F3N2O2/c10-9(11,12)16-8-3-5(7(14)4-15)1-2-6(8)13/h1-3,7,15H,4,13-14H2/t7-/m0/s1. The number of rotatable bonds is 3. The van der Waals surface area contributed by atoms with E-state index in [1.54, 1.807) is 0 Å². The number of halogens is 3. The Morgan fingerprint density at radius 2 is 2.00 bits per heavy atom. The van der Waals surface area contributed by atoms with Crippen LogP contribution in [0.1, 0.15) is 11.6 Å². The van der Waals surface area contributed by atoms with E-state index in [1.165, 1.54) is 12.1 Å². The van der Waals surface area contributed by atoms with E-state index in [-0.39, 0.29) is 12.3 Å². The van der Waals surface area contributed by atoms with Crippen LogP contribution in [-0.2, 0) is 0 Å². The fourth-order valence-corrected chi connectivity index (χ4v) is 1.10. The quantitative estimate of drug-likeness (QED) is 0.688. The molecule has 0 saturated carbocycles. The zero-order chi connectivity index (χ0) is 12.3. The first-order chi connectivity index (χ1) is 7.33. The molecule has 90 valence electrons. The lowest BCUT2D eigenvalue weighted by molar-refractivity contribution is -0.274. The smallest absolute Gasteiger partial charge is 0.404 e. The summed E-state index contributed by atoms with van der Waals surface area (Å²) in [6.07, 6.45) is -4.81. The maximum absolute atomic E-state index is 12.0. The fraction of sp³-hybridized carbons (Fsp3) is 0.333. The van der Waals surface area contributed by atoms with Crippen molar-refractivity contribution in [3.05, 3.63) is 23.8 Å². The van der Waals surface area contributed by atoms with Gasteiger partial charge < -0.3 is 21.3 Å². The Hall–Kier alpha value is -1.47. The summed E-state index contributed by atoms with van der Waals surface area (Å²) < 4.78 is 39.6. The molecule has 0 radical (unpaired) electrons. The van der Waals surface area contributed by atoms with E-state index in [2.05, 4.69) is 4.74 Å². The van der Waals surface area contributed by atoms with Gasteiger partial charge in [-0.1, -0.05) is 6.07 Å². The maximum atomic E-state index is 12.0. The van der Waals surface area contributed by atoms with Crippen molar-refractivity contribution in [2.75, 3.05) is 12.3 Å². The van der Waals surface area contributed by atoms with E-state index in [0.29, 0.717) is 5.56 Å². The second-order valence-electron chi connectivity index (χ2n) is 3.13. The Bertz CT molecular complexity index is 368. The number of aliphatic hydroxyl groups excluding tert-OH is 1. The largest absolute Gasteiger partial charge is 0.573 e. The summed E-state index contributed by atoms with van der Waals surface area (Å²) in [4.78, 5) is 0. The van der Waals surface area contributed by atoms with Crippen LogP contribution < -0.4 is 16.2 Å². The van der Waals surface area contributed by atoms with Crippen LogP contribution in [0.15, 0.2) is 18.2 Å². The molecule has 0 aromatic heterocycles. The second-order valence-corrected chi connectivity index (χ2v) is 3.13. The average molecular weight is 236 g/mol. The summed E-state index contributed by atoms with van der Waals surface area (Å²) in [7, 11) is 0. The third kappa shape index (κ3) is 3.28. The Balaban J connectivity index is 2.99. The fourth-order valence-electron chi connectivity index (χ4n) is 1.10. The van der Waals surface area contributed by atoms with Crippen LogP contribution in [-0.4, -0.2) is 18.1 Å². The number of hydrogen-bond donors (Lipinski definition) is 3. The number of benzene rings is 1. The molecule has 0 heterocycles. The van der Waals surface area contributed by atoms with Gasteiger partial charge in [0, 0.05) is 0 Å². The van der Waals surface area contributed by atoms with Gasteiger partial charge >= 0.3 is 6.36 Å². The molecule has 5 N–H and O–H groups in total. The molecule has 7 heteroatoms. The Morgan fingerprint density at radius 3 is 2.50 bits per heavy atom. The third-order valence-electron chi connectivity index (χ3n) is 1.89. The van der Waals surface area contributed by atoms with Crippen molar-refractivity contribution in [3.8, 4) is 5.75 Å². The molecule has 0 bridgehead atoms. The lowest BCUT2D eigenvalue weighted by Crippen LogP contribution is -2.19. The minimum absolute atomic E-state index is 0.147. The van der Waals surface area contributed by atoms with Crippen molar-refractivity contribution < 1.29 is 23.0 Å². The predicted molar refractivity (Wildman–Crippen MR) is 51.6 cm³/mol. The molecule has 0 aliphatic rings. The summed E-state index contributed by atoms with van der Waals surface area (Å²) >= 11 is 0. The molecule has 0 unspecified atom stereocenters. The molecule has 0 aliphatic carbocycles. The van der Waals surface area contributed by atoms with E-state index >= 15 is 0 Å². The van der Waals surface area contributed by atoms with Gasteiger partial charge in [0.2, 0.25) is 0 Å². The summed E-state index contributed by atoms with van der Waals surface area (Å²) in [5, 5.41) is 8.76. The Morgan fingerprint density at radius 1 is 1.38 bits per heavy atom. The first kappa shape index (κ1) is 12.6. The van der Waals surface area contributed by atoms with Gasteiger partial charge in [-0.3, -0.25) is 0 Å². The van der Waals surface area contributed by atoms with Crippen LogP contribution >= 0.6 is 0 Å². The molecule has 4 nitrogen and oxygen atoms in total. The molecule has 1 aromatic carbocycles. The highest BCUT2D eigenvalue weighted by atomic mass is 19.4. The first-order valence-electron chi connectivity index (χ1n) is 4.35. The number of nitrogens with two attached hydrogens (primary N) is 2. The average Bonchev–Trinajstić information content (AvgIpc) is 2.18. The van der Waals surface area contributed by atoms with Gasteiger partial charge in [0.15, 0.2) is 5.75 Å². The monoisotopic (exact) mass is 236 g/mol. The zero-order valence-electron chi connectivity index (χ0n) is 8.16. The summed E-state index contributed by atoms with van der Waals surface area (Å²) in [5.41, 5.74) is 10.9. The Kier molecular flexibility index (Phi) is 3.61. The molecule has 0 aliphatic heterocycles. The number of aliphatic hydroxyl groups is 1. The van der Waals surface area contributed by atoms with E-state index < -0.39 is 18.2 Å². The summed E-state index contributed by atoms with van der Waals surface area (Å²) in [5.74, 6) is -0.520. The van der Waals surface area contributed by atoms with Gasteiger partial charge in [0.05, 0.1) is 18.3 Å². The first-order valence-corrected chi connectivity index (χ1v) is 4.35. The van der Waals surface area contributed by atoms with Crippen LogP contribution in [0.3, 0.4) is 0 Å². The highest BCUT2D eigenvalue weighted by Gasteiger charge is 2.32. The minimum atomic E-state index is -4.81. The lowest BCUT2D eigenvalue weighted by Gasteiger charge is -2.14. The molecule has 1 atom stereocenters. The number of hydrogen-bond acceptors (Lipinski definition) is 4. The van der Waals surface area contributed by atoms with E-state index in [4.69, 9.17) is 16.6 Å². The van der Waals surface area contributed by atoms with E-state index in [1.807, 2.05) is 0 Å². The van der Waals surface area contributed by atoms with Crippen LogP contribution in [0.4, 0.5) is 18.9 Å². The molecule has 0 fully saturated rings. The number of alkyl halides is 3. The number of anilines is 1. The molecule has 0 amide bonds. The minimum Gasteiger partial charge on any atom is -0.404 e. The topological polar surface area (TPSA) is 81.5 Å². The van der Waals surface area contributed by atoms with Crippen molar-refractivity contribution in [3.63, 3.8) is 0 Å². The van der Waals surface area contributed by atoms with Crippen molar-refractivity contribution in [2.45, 2.75) is 12.4 Å². The zero-order valence-corrected chi connectivity index (χ0v) is 8.16. The van der Waals surface area contributed by atoms with Gasteiger partial charge in [0.1, 0.15) is 0 Å². The van der Waals surface area contributed by atoms with Crippen molar-refractivity contribution >= 4 is 5.69 Å². The molecule has 0 spiro atoms. The van der Waals surface area contributed by atoms with Crippen LogP contribution in [0.25, 0.3) is 0 Å². The lowest BCUT2D eigenvalue weighted by atomic mass is 10.1.